The van der Waals surface area contributed by atoms with Gasteiger partial charge in [0.2, 0.25) is 0 Å². The topological polar surface area (TPSA) is 29.1 Å². The van der Waals surface area contributed by atoms with Gasteiger partial charge in [0.1, 0.15) is 0 Å². The van der Waals surface area contributed by atoms with E-state index in [1.807, 2.05) is 31.2 Å². The first kappa shape index (κ1) is 16.8. The zero-order chi connectivity index (χ0) is 16.3. The smallest absolute Gasteiger partial charge is 0.252 e. The van der Waals surface area contributed by atoms with Gasteiger partial charge in [-0.3, -0.25) is 4.79 Å². The zero-order valence-corrected chi connectivity index (χ0v) is 15.1. The number of halogens is 1. The second-order valence-electron chi connectivity index (χ2n) is 6.55. The Morgan fingerprint density at radius 3 is 2.18 bits per heavy atom. The molecular formula is C19H22BrNO. The molecule has 1 N–H and O–H groups in total. The third-order valence-electron chi connectivity index (χ3n) is 3.74. The zero-order valence-electron chi connectivity index (χ0n) is 13.5. The molecule has 0 aliphatic heterocycles. The molecule has 0 bridgehead atoms. The van der Waals surface area contributed by atoms with E-state index in [9.17, 15) is 4.79 Å². The average Bonchev–Trinajstić information content (AvgIpc) is 2.46. The second kappa shape index (κ2) is 6.66. The van der Waals surface area contributed by atoms with Crippen LogP contribution in [0.5, 0.6) is 0 Å². The van der Waals surface area contributed by atoms with Crippen LogP contribution in [0.25, 0.3) is 0 Å². The fraction of sp³-hybridized carbons (Fsp3) is 0.316. The molecule has 0 fully saturated rings. The van der Waals surface area contributed by atoms with Gasteiger partial charge < -0.3 is 5.32 Å². The van der Waals surface area contributed by atoms with Gasteiger partial charge in [-0.25, -0.2) is 0 Å². The number of benzene rings is 2. The normalized spacial score (nSPS) is 12.8. The number of rotatable bonds is 3. The van der Waals surface area contributed by atoms with Gasteiger partial charge in [0.25, 0.3) is 5.91 Å². The van der Waals surface area contributed by atoms with Crippen LogP contribution in [0.15, 0.2) is 53.0 Å². The molecule has 2 aromatic carbocycles. The fourth-order valence-electron chi connectivity index (χ4n) is 2.27. The maximum atomic E-state index is 12.3. The van der Waals surface area contributed by atoms with Crippen molar-refractivity contribution in [1.29, 1.82) is 0 Å². The molecule has 2 nitrogen and oxygen atoms in total. The highest BCUT2D eigenvalue weighted by Gasteiger charge is 2.16. The first-order valence-electron chi connectivity index (χ1n) is 7.45. The van der Waals surface area contributed by atoms with E-state index in [4.69, 9.17) is 0 Å². The molecule has 3 heteroatoms. The maximum absolute atomic E-state index is 12.3. The predicted octanol–water partition coefficient (Wildman–Crippen LogP) is 5.24. The summed E-state index contributed by atoms with van der Waals surface area (Å²) in [4.78, 5) is 12.3. The number of carbonyl (C=O) groups is 1. The van der Waals surface area contributed by atoms with E-state index in [1.54, 1.807) is 0 Å². The van der Waals surface area contributed by atoms with Gasteiger partial charge >= 0.3 is 0 Å². The van der Waals surface area contributed by atoms with Crippen molar-refractivity contribution >= 4 is 21.8 Å². The van der Waals surface area contributed by atoms with Crippen molar-refractivity contribution in [3.05, 3.63) is 69.7 Å². The van der Waals surface area contributed by atoms with Crippen LogP contribution in [0.1, 0.15) is 55.2 Å². The van der Waals surface area contributed by atoms with Crippen molar-refractivity contribution in [3.8, 4) is 0 Å². The Morgan fingerprint density at radius 2 is 1.64 bits per heavy atom. The standard InChI is InChI=1S/C19H22BrNO/c1-13(14-9-11-15(12-10-14)19(2,3)4)21-18(22)16-7-5-6-8-17(16)20/h5-13H,1-4H3,(H,21,22)/t13-/m1/s1. The molecular weight excluding hydrogens is 338 g/mol. The van der Waals surface area contributed by atoms with E-state index in [0.717, 1.165) is 10.0 Å². The molecule has 0 aliphatic carbocycles. The lowest BCUT2D eigenvalue weighted by Crippen LogP contribution is -2.27. The second-order valence-corrected chi connectivity index (χ2v) is 7.40. The van der Waals surface area contributed by atoms with Gasteiger partial charge in [-0.1, -0.05) is 57.2 Å². The van der Waals surface area contributed by atoms with E-state index >= 15 is 0 Å². The monoisotopic (exact) mass is 359 g/mol. The molecule has 0 unspecified atom stereocenters. The molecule has 0 heterocycles. The minimum absolute atomic E-state index is 0.0337. The highest BCUT2D eigenvalue weighted by Crippen LogP contribution is 2.24. The van der Waals surface area contributed by atoms with Crippen LogP contribution in [0.2, 0.25) is 0 Å². The van der Waals surface area contributed by atoms with E-state index in [2.05, 4.69) is 66.3 Å². The number of nitrogens with one attached hydrogen (secondary N) is 1. The van der Waals surface area contributed by atoms with Crippen molar-refractivity contribution < 1.29 is 4.79 Å². The summed E-state index contributed by atoms with van der Waals surface area (Å²) in [6, 6.07) is 15.9. The lowest BCUT2D eigenvalue weighted by Gasteiger charge is -2.21. The van der Waals surface area contributed by atoms with Crippen molar-refractivity contribution in [2.45, 2.75) is 39.2 Å². The summed E-state index contributed by atoms with van der Waals surface area (Å²) in [6.07, 6.45) is 0. The molecule has 2 rings (SSSR count). The van der Waals surface area contributed by atoms with Gasteiger partial charge in [-0.05, 0) is 51.5 Å². The minimum atomic E-state index is -0.0696. The van der Waals surface area contributed by atoms with Crippen LogP contribution in [0.4, 0.5) is 0 Å². The van der Waals surface area contributed by atoms with Crippen molar-refractivity contribution in [3.63, 3.8) is 0 Å². The molecule has 0 spiro atoms. The van der Waals surface area contributed by atoms with Gasteiger partial charge in [-0.15, -0.1) is 0 Å². The van der Waals surface area contributed by atoms with E-state index < -0.39 is 0 Å². The molecule has 1 amide bonds. The summed E-state index contributed by atoms with van der Waals surface area (Å²) >= 11 is 3.41. The molecule has 22 heavy (non-hydrogen) atoms. The van der Waals surface area contributed by atoms with Crippen LogP contribution >= 0.6 is 15.9 Å². The number of hydrogen-bond acceptors (Lipinski definition) is 1. The molecule has 116 valence electrons. The molecule has 2 aromatic rings. The van der Waals surface area contributed by atoms with E-state index in [0.29, 0.717) is 5.56 Å². The Kier molecular flexibility index (Phi) is 5.07. The Hall–Kier alpha value is -1.61. The maximum Gasteiger partial charge on any atom is 0.252 e. The summed E-state index contributed by atoms with van der Waals surface area (Å²) in [5.74, 6) is -0.0696. The third kappa shape index (κ3) is 3.98. The molecule has 0 saturated carbocycles. The van der Waals surface area contributed by atoms with Gasteiger partial charge in [-0.2, -0.15) is 0 Å². The van der Waals surface area contributed by atoms with Crippen LogP contribution in [0.3, 0.4) is 0 Å². The number of hydrogen-bond donors (Lipinski definition) is 1. The summed E-state index contributed by atoms with van der Waals surface area (Å²) in [5, 5.41) is 3.04. The van der Waals surface area contributed by atoms with Crippen LogP contribution < -0.4 is 5.32 Å². The summed E-state index contributed by atoms with van der Waals surface area (Å²) in [6.45, 7) is 8.58. The Bertz CT molecular complexity index is 656. The summed E-state index contributed by atoms with van der Waals surface area (Å²) < 4.78 is 0.808. The largest absolute Gasteiger partial charge is 0.345 e. The van der Waals surface area contributed by atoms with Crippen molar-refractivity contribution in [2.75, 3.05) is 0 Å². The van der Waals surface area contributed by atoms with Crippen LogP contribution in [0, 0.1) is 0 Å². The molecule has 0 radical (unpaired) electrons. The van der Waals surface area contributed by atoms with E-state index in [-0.39, 0.29) is 17.4 Å². The molecule has 0 aromatic heterocycles. The molecule has 0 aliphatic rings. The first-order chi connectivity index (χ1) is 10.3. The average molecular weight is 360 g/mol. The highest BCUT2D eigenvalue weighted by atomic mass is 79.9. The first-order valence-corrected chi connectivity index (χ1v) is 8.24. The lowest BCUT2D eigenvalue weighted by atomic mass is 9.86. The fourth-order valence-corrected chi connectivity index (χ4v) is 2.74. The highest BCUT2D eigenvalue weighted by molar-refractivity contribution is 9.10. The van der Waals surface area contributed by atoms with Crippen molar-refractivity contribution in [2.24, 2.45) is 0 Å². The molecule has 0 saturated heterocycles. The Labute approximate surface area is 141 Å². The summed E-state index contributed by atoms with van der Waals surface area (Å²) in [5.41, 5.74) is 3.19. The lowest BCUT2D eigenvalue weighted by molar-refractivity contribution is 0.0939. The van der Waals surface area contributed by atoms with Crippen LogP contribution in [-0.4, -0.2) is 5.91 Å². The molecule has 1 atom stereocenters. The number of carbonyl (C=O) groups excluding carboxylic acids is 1. The van der Waals surface area contributed by atoms with E-state index in [1.165, 1.54) is 5.56 Å². The van der Waals surface area contributed by atoms with Gasteiger partial charge in [0.05, 0.1) is 11.6 Å². The van der Waals surface area contributed by atoms with Gasteiger partial charge in [0, 0.05) is 4.47 Å². The Balaban J connectivity index is 2.11. The minimum Gasteiger partial charge on any atom is -0.345 e. The SMILES string of the molecule is C[C@@H](NC(=O)c1ccccc1Br)c1ccc(C(C)(C)C)cc1. The summed E-state index contributed by atoms with van der Waals surface area (Å²) in [7, 11) is 0. The van der Waals surface area contributed by atoms with Crippen LogP contribution in [-0.2, 0) is 5.41 Å². The Morgan fingerprint density at radius 1 is 1.05 bits per heavy atom. The third-order valence-corrected chi connectivity index (χ3v) is 4.43. The van der Waals surface area contributed by atoms with Crippen molar-refractivity contribution in [1.82, 2.24) is 5.32 Å². The quantitative estimate of drug-likeness (QED) is 0.797. The van der Waals surface area contributed by atoms with Gasteiger partial charge in [0.15, 0.2) is 0 Å². The predicted molar refractivity (Wildman–Crippen MR) is 95.2 cm³/mol. The number of amides is 1.